The summed E-state index contributed by atoms with van der Waals surface area (Å²) in [6, 6.07) is 0. The molecule has 0 heterocycles. The molecule has 178 valence electrons. The first-order chi connectivity index (χ1) is 14.7. The van der Waals surface area contributed by atoms with Gasteiger partial charge in [-0.15, -0.1) is 0 Å². The van der Waals surface area contributed by atoms with E-state index in [1.165, 1.54) is 58.3 Å². The lowest BCUT2D eigenvalue weighted by Crippen LogP contribution is -2.58. The molecular formula is C27H46O4. The van der Waals surface area contributed by atoms with Crippen LogP contribution in [0, 0.1) is 40.4 Å². The largest absolute Gasteiger partial charge is 0.410 e. The summed E-state index contributed by atoms with van der Waals surface area (Å²) in [4.78, 5) is 11.6. The van der Waals surface area contributed by atoms with Crippen molar-refractivity contribution >= 4 is 5.97 Å². The van der Waals surface area contributed by atoms with Gasteiger partial charge in [-0.25, -0.2) is 0 Å². The highest BCUT2D eigenvalue weighted by Gasteiger charge is 2.66. The van der Waals surface area contributed by atoms with E-state index in [4.69, 9.17) is 14.2 Å². The average molecular weight is 435 g/mol. The van der Waals surface area contributed by atoms with Crippen molar-refractivity contribution in [1.82, 2.24) is 0 Å². The van der Waals surface area contributed by atoms with Gasteiger partial charge in [-0.3, -0.25) is 4.79 Å². The molecule has 4 heteroatoms. The van der Waals surface area contributed by atoms with Gasteiger partial charge in [-0.2, -0.15) is 0 Å². The third-order valence-corrected chi connectivity index (χ3v) is 10.9. The van der Waals surface area contributed by atoms with Gasteiger partial charge >= 0.3 is 12.4 Å². The van der Waals surface area contributed by atoms with E-state index < -0.39 is 6.48 Å². The molecule has 0 radical (unpaired) electrons. The van der Waals surface area contributed by atoms with Gasteiger partial charge in [-0.1, -0.05) is 47.0 Å². The Hall–Kier alpha value is -0.610. The van der Waals surface area contributed by atoms with Crippen LogP contribution >= 0.6 is 0 Å². The molecule has 0 aromatic heterocycles. The van der Waals surface area contributed by atoms with Crippen LogP contribution in [0.2, 0.25) is 0 Å². The minimum Gasteiger partial charge on any atom is -0.410 e. The topological polar surface area (TPSA) is 44.8 Å². The summed E-state index contributed by atoms with van der Waals surface area (Å²) in [5, 5.41) is 0. The van der Waals surface area contributed by atoms with Crippen LogP contribution in [-0.4, -0.2) is 25.2 Å². The minimum atomic E-state index is -0.899. The number of fused-ring (bicyclic) bond motifs is 5. The minimum absolute atomic E-state index is 0.127. The molecule has 31 heavy (non-hydrogen) atoms. The SMILES string of the molecule is CCCC1(OC(OC)OC(C)=O)CC[C@H]2[C@@H]3CCC4CCCC(C)[C@]4(C)[C@@H]3CC[C@@]21C. The van der Waals surface area contributed by atoms with Gasteiger partial charge in [0, 0.05) is 14.0 Å². The van der Waals surface area contributed by atoms with Crippen molar-refractivity contribution in [2.75, 3.05) is 7.11 Å². The molecule has 0 aliphatic heterocycles. The number of carbonyl (C=O) groups is 1. The lowest BCUT2D eigenvalue weighted by Gasteiger charge is -2.63. The molecular weight excluding hydrogens is 388 g/mol. The standard InChI is InChI=1S/C27H46O4/c1-7-15-27(31-24(29-6)30-19(3)28)17-14-22-21-12-11-20-10-8-9-18(2)26(20,5)23(21)13-16-25(22,27)4/h18,20-24H,7-17H2,1-6H3/t18?,20?,21-,22-,23+,24?,25-,26-,27?/m0/s1. The van der Waals surface area contributed by atoms with Crippen LogP contribution in [0.5, 0.6) is 0 Å². The van der Waals surface area contributed by atoms with E-state index >= 15 is 0 Å². The van der Waals surface area contributed by atoms with Crippen molar-refractivity contribution in [2.45, 2.75) is 117 Å². The van der Waals surface area contributed by atoms with Crippen molar-refractivity contribution in [3.8, 4) is 0 Å². The van der Waals surface area contributed by atoms with Gasteiger partial charge < -0.3 is 14.2 Å². The zero-order valence-corrected chi connectivity index (χ0v) is 20.9. The Kier molecular flexibility index (Phi) is 6.55. The summed E-state index contributed by atoms with van der Waals surface area (Å²) >= 11 is 0. The molecule has 0 spiro atoms. The first-order valence-electron chi connectivity index (χ1n) is 13.1. The van der Waals surface area contributed by atoms with Crippen molar-refractivity contribution in [3.05, 3.63) is 0 Å². The van der Waals surface area contributed by atoms with Crippen LogP contribution < -0.4 is 0 Å². The van der Waals surface area contributed by atoms with Crippen LogP contribution in [0.4, 0.5) is 0 Å². The van der Waals surface area contributed by atoms with E-state index in [0.29, 0.717) is 11.3 Å². The van der Waals surface area contributed by atoms with Crippen LogP contribution in [-0.2, 0) is 19.0 Å². The Balaban J connectivity index is 1.62. The van der Waals surface area contributed by atoms with E-state index in [-0.39, 0.29) is 17.0 Å². The molecule has 4 aliphatic rings. The smallest absolute Gasteiger partial charge is 0.318 e. The third kappa shape index (κ3) is 3.59. The molecule has 0 saturated heterocycles. The lowest BCUT2D eigenvalue weighted by atomic mass is 9.42. The number of methoxy groups -OCH3 is 1. The molecule has 4 aliphatic carbocycles. The fourth-order valence-corrected chi connectivity index (χ4v) is 9.27. The summed E-state index contributed by atoms with van der Waals surface area (Å²) in [5.74, 6) is 3.82. The highest BCUT2D eigenvalue weighted by Crippen LogP contribution is 2.70. The maximum Gasteiger partial charge on any atom is 0.318 e. The molecule has 0 N–H and O–H groups in total. The molecule has 9 atom stereocenters. The fraction of sp³-hybridized carbons (Fsp3) is 0.963. The van der Waals surface area contributed by atoms with Crippen molar-refractivity contribution < 1.29 is 19.0 Å². The second kappa shape index (κ2) is 8.63. The highest BCUT2D eigenvalue weighted by molar-refractivity contribution is 5.65. The molecule has 4 unspecified atom stereocenters. The molecule has 4 fully saturated rings. The molecule has 4 nitrogen and oxygen atoms in total. The second-order valence-corrected chi connectivity index (χ2v) is 11.8. The molecule has 0 bridgehead atoms. The van der Waals surface area contributed by atoms with Crippen LogP contribution in [0.25, 0.3) is 0 Å². The number of esters is 1. The van der Waals surface area contributed by atoms with Gasteiger partial charge in [0.25, 0.3) is 0 Å². The van der Waals surface area contributed by atoms with E-state index in [2.05, 4.69) is 27.7 Å². The molecule has 0 aromatic carbocycles. The van der Waals surface area contributed by atoms with Crippen molar-refractivity contribution in [3.63, 3.8) is 0 Å². The number of carbonyl (C=O) groups excluding carboxylic acids is 1. The van der Waals surface area contributed by atoms with Gasteiger partial charge in [0.1, 0.15) is 0 Å². The number of ether oxygens (including phenoxy) is 3. The van der Waals surface area contributed by atoms with Crippen LogP contribution in [0.1, 0.15) is 105 Å². The fourth-order valence-electron chi connectivity index (χ4n) is 9.27. The first-order valence-corrected chi connectivity index (χ1v) is 13.1. The van der Waals surface area contributed by atoms with Crippen LogP contribution in [0.3, 0.4) is 0 Å². The van der Waals surface area contributed by atoms with E-state index in [0.717, 1.165) is 42.9 Å². The second-order valence-electron chi connectivity index (χ2n) is 11.8. The number of rotatable bonds is 6. The molecule has 4 saturated carbocycles. The Morgan fingerprint density at radius 1 is 1.03 bits per heavy atom. The number of hydrogen-bond donors (Lipinski definition) is 0. The Labute approximate surface area is 190 Å². The maximum atomic E-state index is 11.6. The van der Waals surface area contributed by atoms with Gasteiger partial charge in [0.05, 0.1) is 5.60 Å². The monoisotopic (exact) mass is 434 g/mol. The summed E-state index contributed by atoms with van der Waals surface area (Å²) in [5.41, 5.74) is 0.387. The summed E-state index contributed by atoms with van der Waals surface area (Å²) in [6.45, 7) is 10.5. The Bertz CT molecular complexity index is 664. The highest BCUT2D eigenvalue weighted by atomic mass is 16.9. The molecule has 0 amide bonds. The summed E-state index contributed by atoms with van der Waals surface area (Å²) in [7, 11) is 1.57. The zero-order valence-electron chi connectivity index (χ0n) is 20.9. The maximum absolute atomic E-state index is 11.6. The predicted molar refractivity (Wildman–Crippen MR) is 122 cm³/mol. The van der Waals surface area contributed by atoms with Crippen LogP contribution in [0.15, 0.2) is 0 Å². The molecule has 4 rings (SSSR count). The summed E-state index contributed by atoms with van der Waals surface area (Å²) < 4.78 is 17.5. The van der Waals surface area contributed by atoms with Gasteiger partial charge in [0.15, 0.2) is 0 Å². The Morgan fingerprint density at radius 2 is 1.77 bits per heavy atom. The van der Waals surface area contributed by atoms with Gasteiger partial charge in [-0.05, 0) is 91.8 Å². The van der Waals surface area contributed by atoms with Crippen molar-refractivity contribution in [2.24, 2.45) is 40.4 Å². The molecule has 0 aromatic rings. The first kappa shape index (κ1) is 23.5. The average Bonchev–Trinajstić information content (AvgIpc) is 3.00. The zero-order chi connectivity index (χ0) is 22.4. The summed E-state index contributed by atoms with van der Waals surface area (Å²) in [6.07, 6.45) is 14.1. The lowest BCUT2D eigenvalue weighted by molar-refractivity contribution is -0.328. The Morgan fingerprint density at radius 3 is 2.45 bits per heavy atom. The van der Waals surface area contributed by atoms with Gasteiger partial charge in [0.2, 0.25) is 0 Å². The number of hydrogen-bond acceptors (Lipinski definition) is 4. The van der Waals surface area contributed by atoms with Crippen molar-refractivity contribution in [1.29, 1.82) is 0 Å². The predicted octanol–water partition coefficient (Wildman–Crippen LogP) is 6.71. The van der Waals surface area contributed by atoms with E-state index in [1.807, 2.05) is 0 Å². The third-order valence-electron chi connectivity index (χ3n) is 10.9. The van der Waals surface area contributed by atoms with E-state index in [1.54, 1.807) is 7.11 Å². The normalized spacial score (nSPS) is 47.7. The van der Waals surface area contributed by atoms with E-state index in [9.17, 15) is 4.79 Å². The quantitative estimate of drug-likeness (QED) is 0.344.